The van der Waals surface area contributed by atoms with Crippen LogP contribution >= 0.6 is 11.3 Å². The maximum atomic E-state index is 12.7. The topological polar surface area (TPSA) is 61.2 Å². The molecule has 2 heterocycles. The number of esters is 1. The smallest absolute Gasteiger partial charge is 0.326 e. The predicted molar refractivity (Wildman–Crippen MR) is 90.9 cm³/mol. The average molecular weight is 334 g/mol. The van der Waals surface area contributed by atoms with Crippen molar-refractivity contribution in [2.45, 2.75) is 52.5 Å². The van der Waals surface area contributed by atoms with Crippen molar-refractivity contribution in [1.82, 2.24) is 9.55 Å². The quantitative estimate of drug-likeness (QED) is 0.789. The number of aromatic nitrogens is 2. The lowest BCUT2D eigenvalue weighted by molar-refractivity contribution is -0.144. The van der Waals surface area contributed by atoms with Gasteiger partial charge in [-0.1, -0.05) is 13.8 Å². The number of carbonyl (C=O) groups excluding carboxylic acids is 1. The standard InChI is InChI=1S/C17H22N2O3S/c1-11(2)7-8-22-14(20)9-19-10-18-16-15(17(19)21)12-5-3-4-6-13(12)23-16/h10-11H,3-9H2,1-2H3. The summed E-state index contributed by atoms with van der Waals surface area (Å²) in [6.07, 6.45) is 6.56. The normalized spacial score (nSPS) is 14.2. The average Bonchev–Trinajstić information content (AvgIpc) is 2.89. The summed E-state index contributed by atoms with van der Waals surface area (Å²) in [4.78, 5) is 31.1. The Morgan fingerprint density at radius 3 is 2.96 bits per heavy atom. The van der Waals surface area contributed by atoms with Crippen LogP contribution in [0.5, 0.6) is 0 Å². The van der Waals surface area contributed by atoms with Crippen molar-refractivity contribution in [3.8, 4) is 0 Å². The molecule has 0 unspecified atom stereocenters. The molecule has 0 atom stereocenters. The Hall–Kier alpha value is -1.69. The van der Waals surface area contributed by atoms with Gasteiger partial charge in [0.2, 0.25) is 0 Å². The largest absolute Gasteiger partial charge is 0.464 e. The molecular weight excluding hydrogens is 312 g/mol. The Balaban J connectivity index is 1.80. The van der Waals surface area contributed by atoms with E-state index in [9.17, 15) is 9.59 Å². The summed E-state index contributed by atoms with van der Waals surface area (Å²) in [6.45, 7) is 4.49. The highest BCUT2D eigenvalue weighted by molar-refractivity contribution is 7.18. The van der Waals surface area contributed by atoms with Gasteiger partial charge in [-0.05, 0) is 43.6 Å². The first-order chi connectivity index (χ1) is 11.1. The van der Waals surface area contributed by atoms with Gasteiger partial charge in [-0.15, -0.1) is 11.3 Å². The van der Waals surface area contributed by atoms with Crippen molar-refractivity contribution in [3.63, 3.8) is 0 Å². The van der Waals surface area contributed by atoms with Crippen LogP contribution < -0.4 is 5.56 Å². The summed E-state index contributed by atoms with van der Waals surface area (Å²) in [5.74, 6) is 0.110. The summed E-state index contributed by atoms with van der Waals surface area (Å²) in [5, 5.41) is 0.710. The monoisotopic (exact) mass is 334 g/mol. The first kappa shape index (κ1) is 16.2. The van der Waals surface area contributed by atoms with Gasteiger partial charge in [-0.25, -0.2) is 4.98 Å². The Kier molecular flexibility index (Phi) is 4.80. The predicted octanol–water partition coefficient (Wildman–Crippen LogP) is 2.93. The highest BCUT2D eigenvalue weighted by Crippen LogP contribution is 2.33. The summed E-state index contributed by atoms with van der Waals surface area (Å²) >= 11 is 1.62. The molecule has 0 bridgehead atoms. The van der Waals surface area contributed by atoms with E-state index in [0.717, 1.165) is 36.1 Å². The molecule has 1 aliphatic carbocycles. The second kappa shape index (κ2) is 6.83. The van der Waals surface area contributed by atoms with Crippen molar-refractivity contribution in [2.24, 2.45) is 5.92 Å². The summed E-state index contributed by atoms with van der Waals surface area (Å²) in [7, 11) is 0. The molecule has 0 aliphatic heterocycles. The number of ether oxygens (including phenoxy) is 1. The Morgan fingerprint density at radius 2 is 2.17 bits per heavy atom. The molecule has 5 nitrogen and oxygen atoms in total. The zero-order valence-corrected chi connectivity index (χ0v) is 14.4. The molecule has 0 amide bonds. The van der Waals surface area contributed by atoms with Gasteiger partial charge >= 0.3 is 5.97 Å². The highest BCUT2D eigenvalue weighted by Gasteiger charge is 2.20. The molecule has 0 N–H and O–H groups in total. The number of nitrogens with zero attached hydrogens (tertiary/aromatic N) is 2. The minimum absolute atomic E-state index is 0.0650. The lowest BCUT2D eigenvalue weighted by Crippen LogP contribution is -2.26. The molecule has 0 saturated heterocycles. The fourth-order valence-electron chi connectivity index (χ4n) is 2.89. The molecule has 0 spiro atoms. The Bertz CT molecular complexity index is 776. The van der Waals surface area contributed by atoms with Crippen LogP contribution in [0.15, 0.2) is 11.1 Å². The van der Waals surface area contributed by atoms with Gasteiger partial charge in [-0.3, -0.25) is 14.2 Å². The third-order valence-electron chi connectivity index (χ3n) is 4.20. The third-order valence-corrected chi connectivity index (χ3v) is 5.40. The molecule has 2 aromatic rings. The lowest BCUT2D eigenvalue weighted by Gasteiger charge is -2.10. The van der Waals surface area contributed by atoms with E-state index in [2.05, 4.69) is 18.8 Å². The molecule has 23 heavy (non-hydrogen) atoms. The number of thiophene rings is 1. The van der Waals surface area contributed by atoms with Gasteiger partial charge in [0.25, 0.3) is 5.56 Å². The van der Waals surface area contributed by atoms with Crippen LogP contribution in [0, 0.1) is 5.92 Å². The van der Waals surface area contributed by atoms with Gasteiger partial charge in [0.05, 0.1) is 18.3 Å². The molecule has 0 aromatic carbocycles. The molecular formula is C17H22N2O3S. The third kappa shape index (κ3) is 3.47. The summed E-state index contributed by atoms with van der Waals surface area (Å²) in [6, 6.07) is 0. The molecule has 1 aliphatic rings. The van der Waals surface area contributed by atoms with Crippen LogP contribution in [0.3, 0.4) is 0 Å². The maximum Gasteiger partial charge on any atom is 0.326 e. The zero-order valence-electron chi connectivity index (χ0n) is 13.6. The van der Waals surface area contributed by atoms with Crippen molar-refractivity contribution in [2.75, 3.05) is 6.61 Å². The fourth-order valence-corrected chi connectivity index (χ4v) is 4.11. The van der Waals surface area contributed by atoms with Gasteiger partial charge < -0.3 is 4.74 Å². The van der Waals surface area contributed by atoms with E-state index in [1.54, 1.807) is 11.3 Å². The van der Waals surface area contributed by atoms with Gasteiger partial charge in [-0.2, -0.15) is 0 Å². The van der Waals surface area contributed by atoms with Crippen LogP contribution in [0.4, 0.5) is 0 Å². The van der Waals surface area contributed by atoms with Crippen molar-refractivity contribution >= 4 is 27.5 Å². The van der Waals surface area contributed by atoms with Gasteiger partial charge in [0.1, 0.15) is 11.4 Å². The SMILES string of the molecule is CC(C)CCOC(=O)Cn1cnc2sc3c(c2c1=O)CCCC3. The molecule has 124 valence electrons. The van der Waals surface area contributed by atoms with Crippen LogP contribution in [-0.2, 0) is 28.9 Å². The minimum atomic E-state index is -0.377. The Morgan fingerprint density at radius 1 is 1.39 bits per heavy atom. The number of hydrogen-bond donors (Lipinski definition) is 0. The van der Waals surface area contributed by atoms with Crippen molar-refractivity contribution < 1.29 is 9.53 Å². The van der Waals surface area contributed by atoms with Crippen LogP contribution in [0.2, 0.25) is 0 Å². The van der Waals surface area contributed by atoms with E-state index in [-0.39, 0.29) is 18.1 Å². The number of carbonyl (C=O) groups is 1. The Labute approximate surface area is 139 Å². The maximum absolute atomic E-state index is 12.7. The van der Waals surface area contributed by atoms with E-state index in [1.165, 1.54) is 22.2 Å². The van der Waals surface area contributed by atoms with Crippen LogP contribution in [0.25, 0.3) is 10.2 Å². The first-order valence-corrected chi connectivity index (χ1v) is 9.03. The minimum Gasteiger partial charge on any atom is -0.464 e. The van der Waals surface area contributed by atoms with E-state index in [1.807, 2.05) is 0 Å². The number of rotatable bonds is 5. The van der Waals surface area contributed by atoms with Gasteiger partial charge in [0.15, 0.2) is 0 Å². The fraction of sp³-hybridized carbons (Fsp3) is 0.588. The molecule has 0 fully saturated rings. The number of hydrogen-bond acceptors (Lipinski definition) is 5. The molecule has 0 saturated carbocycles. The zero-order chi connectivity index (χ0) is 16.4. The summed E-state index contributed by atoms with van der Waals surface area (Å²) in [5.41, 5.74) is 1.03. The van der Waals surface area contributed by atoms with Gasteiger partial charge in [0, 0.05) is 4.88 Å². The van der Waals surface area contributed by atoms with E-state index < -0.39 is 0 Å². The number of aryl methyl sites for hydroxylation is 2. The molecule has 6 heteroatoms. The first-order valence-electron chi connectivity index (χ1n) is 8.21. The second-order valence-corrected chi connectivity index (χ2v) is 7.56. The van der Waals surface area contributed by atoms with E-state index >= 15 is 0 Å². The summed E-state index contributed by atoms with van der Waals surface area (Å²) < 4.78 is 6.57. The number of fused-ring (bicyclic) bond motifs is 3. The molecule has 3 rings (SSSR count). The van der Waals surface area contributed by atoms with Crippen molar-refractivity contribution in [3.05, 3.63) is 27.1 Å². The lowest BCUT2D eigenvalue weighted by atomic mass is 9.97. The van der Waals surface area contributed by atoms with Crippen molar-refractivity contribution in [1.29, 1.82) is 0 Å². The van der Waals surface area contributed by atoms with Crippen LogP contribution in [-0.4, -0.2) is 22.1 Å². The van der Waals surface area contributed by atoms with E-state index in [4.69, 9.17) is 4.74 Å². The van der Waals surface area contributed by atoms with Crippen LogP contribution in [0.1, 0.15) is 43.6 Å². The molecule has 0 radical (unpaired) electrons. The molecule has 2 aromatic heterocycles. The highest BCUT2D eigenvalue weighted by atomic mass is 32.1. The second-order valence-electron chi connectivity index (χ2n) is 6.47. The van der Waals surface area contributed by atoms with E-state index in [0.29, 0.717) is 17.9 Å².